The largest absolute Gasteiger partial charge is 0.350 e. The van der Waals surface area contributed by atoms with E-state index in [0.29, 0.717) is 6.04 Å². The second-order valence-electron chi connectivity index (χ2n) is 4.92. The molecule has 4 heteroatoms. The van der Waals surface area contributed by atoms with E-state index in [0.717, 1.165) is 11.6 Å². The normalized spacial score (nSPS) is 17.5. The third kappa shape index (κ3) is 2.25. The predicted octanol–water partition coefficient (Wildman–Crippen LogP) is 2.78. The third-order valence-electron chi connectivity index (χ3n) is 3.42. The van der Waals surface area contributed by atoms with Gasteiger partial charge in [-0.15, -0.1) is 5.10 Å². The molecule has 90 valence electrons. The van der Waals surface area contributed by atoms with E-state index in [1.165, 1.54) is 37.7 Å². The highest BCUT2D eigenvalue weighted by atomic mass is 15.3. The number of hydrogen-bond acceptors (Lipinski definition) is 3. The van der Waals surface area contributed by atoms with Crippen molar-refractivity contribution in [2.24, 2.45) is 0 Å². The average molecular weight is 230 g/mol. The molecule has 3 rings (SSSR count). The molecule has 1 saturated carbocycles. The lowest BCUT2D eigenvalue weighted by Crippen LogP contribution is -2.22. The SMILES string of the molecule is Cc1ccc2nc(NC3CCCCC3)nn2c1. The lowest BCUT2D eigenvalue weighted by Gasteiger charge is -2.21. The van der Waals surface area contributed by atoms with Crippen molar-refractivity contribution >= 4 is 11.6 Å². The Bertz CT molecular complexity index is 511. The number of pyridine rings is 1. The molecule has 1 N–H and O–H groups in total. The minimum Gasteiger partial charge on any atom is -0.350 e. The first-order chi connectivity index (χ1) is 8.31. The van der Waals surface area contributed by atoms with Crippen LogP contribution in [-0.2, 0) is 0 Å². The summed E-state index contributed by atoms with van der Waals surface area (Å²) in [4.78, 5) is 4.49. The van der Waals surface area contributed by atoms with Crippen LogP contribution >= 0.6 is 0 Å². The smallest absolute Gasteiger partial charge is 0.243 e. The molecular formula is C13H18N4. The lowest BCUT2D eigenvalue weighted by molar-refractivity contribution is 0.461. The van der Waals surface area contributed by atoms with Crippen LogP contribution in [0.15, 0.2) is 18.3 Å². The zero-order valence-electron chi connectivity index (χ0n) is 10.2. The van der Waals surface area contributed by atoms with Gasteiger partial charge < -0.3 is 5.32 Å². The topological polar surface area (TPSA) is 42.2 Å². The third-order valence-corrected chi connectivity index (χ3v) is 3.42. The van der Waals surface area contributed by atoms with Crippen LogP contribution < -0.4 is 5.32 Å². The quantitative estimate of drug-likeness (QED) is 0.862. The van der Waals surface area contributed by atoms with Gasteiger partial charge in [-0.3, -0.25) is 0 Å². The van der Waals surface area contributed by atoms with Crippen molar-refractivity contribution in [2.75, 3.05) is 5.32 Å². The second kappa shape index (κ2) is 4.35. The molecule has 0 radical (unpaired) electrons. The molecular weight excluding hydrogens is 212 g/mol. The first-order valence-electron chi connectivity index (χ1n) is 6.41. The number of hydrogen-bond donors (Lipinski definition) is 1. The zero-order valence-corrected chi connectivity index (χ0v) is 10.2. The van der Waals surface area contributed by atoms with Gasteiger partial charge in [-0.05, 0) is 31.4 Å². The number of aromatic nitrogens is 3. The van der Waals surface area contributed by atoms with E-state index in [4.69, 9.17) is 0 Å². The summed E-state index contributed by atoms with van der Waals surface area (Å²) in [6.45, 7) is 2.06. The Kier molecular flexibility index (Phi) is 2.71. The number of aryl methyl sites for hydroxylation is 1. The van der Waals surface area contributed by atoms with Gasteiger partial charge >= 0.3 is 0 Å². The van der Waals surface area contributed by atoms with Crippen molar-refractivity contribution in [3.8, 4) is 0 Å². The maximum atomic E-state index is 4.49. The fraction of sp³-hybridized carbons (Fsp3) is 0.538. The molecule has 0 aromatic carbocycles. The van der Waals surface area contributed by atoms with Gasteiger partial charge in [0.05, 0.1) is 0 Å². The van der Waals surface area contributed by atoms with Gasteiger partial charge in [-0.1, -0.05) is 25.3 Å². The Morgan fingerprint density at radius 2 is 2.06 bits per heavy atom. The van der Waals surface area contributed by atoms with Crippen molar-refractivity contribution < 1.29 is 0 Å². The standard InChI is InChI=1S/C13H18N4/c1-10-7-8-12-15-13(16-17(12)9-10)14-11-5-3-2-4-6-11/h7-9,11H,2-6H2,1H3,(H,14,16). The molecule has 1 fully saturated rings. The molecule has 0 saturated heterocycles. The summed E-state index contributed by atoms with van der Waals surface area (Å²) in [5.41, 5.74) is 2.11. The van der Waals surface area contributed by atoms with Gasteiger partial charge in [-0.25, -0.2) is 4.52 Å². The molecule has 1 aliphatic rings. The van der Waals surface area contributed by atoms with Crippen LogP contribution in [0, 0.1) is 6.92 Å². The van der Waals surface area contributed by atoms with Crippen LogP contribution in [0.2, 0.25) is 0 Å². The van der Waals surface area contributed by atoms with E-state index in [9.17, 15) is 0 Å². The molecule has 0 bridgehead atoms. The first kappa shape index (κ1) is 10.6. The van der Waals surface area contributed by atoms with Gasteiger partial charge in [0.1, 0.15) is 0 Å². The van der Waals surface area contributed by atoms with Crippen molar-refractivity contribution in [3.63, 3.8) is 0 Å². The van der Waals surface area contributed by atoms with Crippen LogP contribution in [0.3, 0.4) is 0 Å². The van der Waals surface area contributed by atoms with E-state index in [-0.39, 0.29) is 0 Å². The van der Waals surface area contributed by atoms with Gasteiger partial charge in [0.2, 0.25) is 5.95 Å². The summed E-state index contributed by atoms with van der Waals surface area (Å²) in [5.74, 6) is 0.766. The van der Waals surface area contributed by atoms with Crippen molar-refractivity contribution in [1.82, 2.24) is 14.6 Å². The molecule has 0 amide bonds. The molecule has 0 atom stereocenters. The number of nitrogens with zero attached hydrogens (tertiary/aromatic N) is 3. The predicted molar refractivity (Wildman–Crippen MR) is 68.2 cm³/mol. The second-order valence-corrected chi connectivity index (χ2v) is 4.92. The number of rotatable bonds is 2. The fourth-order valence-corrected chi connectivity index (χ4v) is 2.48. The molecule has 4 nitrogen and oxygen atoms in total. The monoisotopic (exact) mass is 230 g/mol. The number of nitrogens with one attached hydrogen (secondary N) is 1. The Hall–Kier alpha value is -1.58. The molecule has 2 aromatic heterocycles. The van der Waals surface area contributed by atoms with Gasteiger partial charge in [0, 0.05) is 12.2 Å². The van der Waals surface area contributed by atoms with Gasteiger partial charge in [-0.2, -0.15) is 4.98 Å². The minimum absolute atomic E-state index is 0.558. The van der Waals surface area contributed by atoms with E-state index in [1.54, 1.807) is 0 Å². The summed E-state index contributed by atoms with van der Waals surface area (Å²) in [6.07, 6.45) is 8.52. The van der Waals surface area contributed by atoms with Crippen LogP contribution in [0.1, 0.15) is 37.7 Å². The van der Waals surface area contributed by atoms with E-state index >= 15 is 0 Å². The molecule has 0 unspecified atom stereocenters. The minimum atomic E-state index is 0.558. The van der Waals surface area contributed by atoms with E-state index in [2.05, 4.69) is 28.4 Å². The summed E-state index contributed by atoms with van der Waals surface area (Å²) in [7, 11) is 0. The number of anilines is 1. The number of fused-ring (bicyclic) bond motifs is 1. The first-order valence-corrected chi connectivity index (χ1v) is 6.41. The van der Waals surface area contributed by atoms with Crippen molar-refractivity contribution in [2.45, 2.75) is 45.1 Å². The highest BCUT2D eigenvalue weighted by molar-refractivity contribution is 5.44. The average Bonchev–Trinajstić information content (AvgIpc) is 2.71. The molecule has 17 heavy (non-hydrogen) atoms. The van der Waals surface area contributed by atoms with Crippen LogP contribution in [0.4, 0.5) is 5.95 Å². The van der Waals surface area contributed by atoms with Crippen LogP contribution in [-0.4, -0.2) is 20.6 Å². The van der Waals surface area contributed by atoms with Gasteiger partial charge in [0.25, 0.3) is 0 Å². The summed E-state index contributed by atoms with van der Waals surface area (Å²) in [5, 5.41) is 7.91. The highest BCUT2D eigenvalue weighted by Crippen LogP contribution is 2.20. The summed E-state index contributed by atoms with van der Waals surface area (Å²) < 4.78 is 1.85. The van der Waals surface area contributed by atoms with E-state index in [1.807, 2.05) is 16.8 Å². The lowest BCUT2D eigenvalue weighted by atomic mass is 9.96. The highest BCUT2D eigenvalue weighted by Gasteiger charge is 2.14. The Labute approximate surface area is 101 Å². The van der Waals surface area contributed by atoms with Crippen molar-refractivity contribution in [1.29, 1.82) is 0 Å². The van der Waals surface area contributed by atoms with Crippen LogP contribution in [0.5, 0.6) is 0 Å². The Morgan fingerprint density at radius 3 is 2.88 bits per heavy atom. The van der Waals surface area contributed by atoms with E-state index < -0.39 is 0 Å². The molecule has 0 spiro atoms. The van der Waals surface area contributed by atoms with Gasteiger partial charge in [0.15, 0.2) is 5.65 Å². The Morgan fingerprint density at radius 1 is 1.24 bits per heavy atom. The fourth-order valence-electron chi connectivity index (χ4n) is 2.48. The molecule has 0 aliphatic heterocycles. The van der Waals surface area contributed by atoms with Crippen LogP contribution in [0.25, 0.3) is 5.65 Å². The van der Waals surface area contributed by atoms with Crippen molar-refractivity contribution in [3.05, 3.63) is 23.9 Å². The maximum Gasteiger partial charge on any atom is 0.243 e. The summed E-state index contributed by atoms with van der Waals surface area (Å²) in [6, 6.07) is 4.63. The molecule has 2 heterocycles. The zero-order chi connectivity index (χ0) is 11.7. The molecule has 1 aliphatic carbocycles. The Balaban J connectivity index is 1.80. The molecule has 2 aromatic rings. The summed E-state index contributed by atoms with van der Waals surface area (Å²) >= 11 is 0. The maximum absolute atomic E-state index is 4.49.